The number of rotatable bonds is 11. The van der Waals surface area contributed by atoms with Crippen LogP contribution in [-0.2, 0) is 0 Å². The number of hydrogen-bond acceptors (Lipinski definition) is 7. The molecule has 1 aromatic heterocycles. The van der Waals surface area contributed by atoms with Crippen molar-refractivity contribution in [3.05, 3.63) is 82.7 Å². The van der Waals surface area contributed by atoms with Crippen LogP contribution in [0.1, 0.15) is 23.6 Å². The normalized spacial score (nSPS) is 11.7. The van der Waals surface area contributed by atoms with Crippen LogP contribution in [0.4, 0.5) is 0 Å². The Bertz CT molecular complexity index is 1040. The van der Waals surface area contributed by atoms with Gasteiger partial charge in [0.05, 0.1) is 6.61 Å². The van der Waals surface area contributed by atoms with Crippen LogP contribution in [0.5, 0.6) is 11.5 Å². The van der Waals surface area contributed by atoms with E-state index in [1.54, 1.807) is 18.2 Å². The van der Waals surface area contributed by atoms with Gasteiger partial charge < -0.3 is 9.47 Å². The molecular formula is C22H24N4O4S. The first-order chi connectivity index (χ1) is 15.0. The van der Waals surface area contributed by atoms with Crippen LogP contribution in [0.25, 0.3) is 5.69 Å². The monoisotopic (exact) mass is 440 g/mol. The Hall–Kier alpha value is -3.33. The Morgan fingerprint density at radius 2 is 1.97 bits per heavy atom. The molecule has 0 aliphatic carbocycles. The maximum Gasteiger partial charge on any atom is 0.220 e. The third-order valence-corrected chi connectivity index (χ3v) is 5.55. The second-order valence-electron chi connectivity index (χ2n) is 6.56. The minimum Gasteiger partial charge on any atom is -0.490 e. The van der Waals surface area contributed by atoms with Gasteiger partial charge in [0.1, 0.15) is 17.7 Å². The fourth-order valence-electron chi connectivity index (χ4n) is 3.03. The third-order valence-electron chi connectivity index (χ3n) is 4.37. The molecule has 0 radical (unpaired) electrons. The molecule has 0 unspecified atom stereocenters. The van der Waals surface area contributed by atoms with Crippen LogP contribution < -0.4 is 9.47 Å². The molecule has 0 saturated carbocycles. The molecular weight excluding hydrogens is 416 g/mol. The summed E-state index contributed by atoms with van der Waals surface area (Å²) in [6, 6.07) is 15.0. The van der Waals surface area contributed by atoms with E-state index in [0.717, 1.165) is 11.3 Å². The molecule has 31 heavy (non-hydrogen) atoms. The SMILES string of the molecule is C=CCOc1ccc([C@@H](C[N+](=O)[O-])Sc2nnc(C)n2-c2ccccc2)cc1OCC. The van der Waals surface area contributed by atoms with E-state index in [-0.39, 0.29) is 11.5 Å². The van der Waals surface area contributed by atoms with Crippen LogP contribution in [-0.4, -0.2) is 39.4 Å². The predicted molar refractivity (Wildman–Crippen MR) is 120 cm³/mol. The van der Waals surface area contributed by atoms with Gasteiger partial charge in [-0.3, -0.25) is 14.7 Å². The number of ether oxygens (including phenoxy) is 2. The summed E-state index contributed by atoms with van der Waals surface area (Å²) in [5.41, 5.74) is 1.65. The Morgan fingerprint density at radius 3 is 2.65 bits per heavy atom. The van der Waals surface area contributed by atoms with E-state index in [2.05, 4.69) is 16.8 Å². The molecule has 0 fully saturated rings. The zero-order valence-electron chi connectivity index (χ0n) is 17.4. The minimum atomic E-state index is -0.492. The van der Waals surface area contributed by atoms with E-state index in [1.165, 1.54) is 11.8 Å². The van der Waals surface area contributed by atoms with E-state index < -0.39 is 5.25 Å². The standard InChI is InChI=1S/C22H24N4O4S/c1-4-13-30-19-12-11-17(14-20(19)29-5-2)21(15-25(27)28)31-22-24-23-16(3)26(22)18-9-7-6-8-10-18/h4,6-12,14,21H,1,5,13,15H2,2-3H3/t21-/m1/s1. The fraction of sp³-hybridized carbons (Fsp3) is 0.273. The molecule has 0 N–H and O–H groups in total. The molecule has 3 aromatic rings. The maximum atomic E-state index is 11.4. The number of nitro groups is 1. The highest BCUT2D eigenvalue weighted by Gasteiger charge is 2.25. The van der Waals surface area contributed by atoms with E-state index in [4.69, 9.17) is 9.47 Å². The lowest BCUT2D eigenvalue weighted by Gasteiger charge is -2.17. The molecule has 0 aliphatic rings. The van der Waals surface area contributed by atoms with Crippen LogP contribution in [0.15, 0.2) is 66.3 Å². The van der Waals surface area contributed by atoms with E-state index in [9.17, 15) is 10.1 Å². The highest BCUT2D eigenvalue weighted by atomic mass is 32.2. The summed E-state index contributed by atoms with van der Waals surface area (Å²) in [5.74, 6) is 1.81. The molecule has 0 spiro atoms. The maximum absolute atomic E-state index is 11.4. The lowest BCUT2D eigenvalue weighted by Crippen LogP contribution is -2.11. The zero-order valence-corrected chi connectivity index (χ0v) is 18.2. The Balaban J connectivity index is 1.96. The molecule has 1 atom stereocenters. The van der Waals surface area contributed by atoms with E-state index in [0.29, 0.717) is 35.7 Å². The van der Waals surface area contributed by atoms with Gasteiger partial charge in [0, 0.05) is 10.6 Å². The summed E-state index contributed by atoms with van der Waals surface area (Å²) >= 11 is 1.30. The van der Waals surface area contributed by atoms with Crippen molar-refractivity contribution in [3.8, 4) is 17.2 Å². The van der Waals surface area contributed by atoms with Gasteiger partial charge in [-0.15, -0.1) is 10.2 Å². The highest BCUT2D eigenvalue weighted by molar-refractivity contribution is 7.99. The van der Waals surface area contributed by atoms with Gasteiger partial charge in [-0.05, 0) is 43.7 Å². The summed E-state index contributed by atoms with van der Waals surface area (Å²) in [5, 5.41) is 20.0. The smallest absolute Gasteiger partial charge is 0.220 e. The topological polar surface area (TPSA) is 92.3 Å². The van der Waals surface area contributed by atoms with Gasteiger partial charge in [-0.25, -0.2) is 0 Å². The number of para-hydroxylation sites is 1. The Morgan fingerprint density at radius 1 is 1.19 bits per heavy atom. The average Bonchev–Trinajstić information content (AvgIpc) is 3.12. The molecule has 2 aromatic carbocycles. The molecule has 162 valence electrons. The Kier molecular flexibility index (Phi) is 7.66. The van der Waals surface area contributed by atoms with Gasteiger partial charge in [0.15, 0.2) is 16.7 Å². The quantitative estimate of drug-likeness (QED) is 0.185. The van der Waals surface area contributed by atoms with Gasteiger partial charge in [0.2, 0.25) is 6.54 Å². The molecule has 3 rings (SSSR count). The van der Waals surface area contributed by atoms with Crippen molar-refractivity contribution in [3.63, 3.8) is 0 Å². The number of hydrogen-bond donors (Lipinski definition) is 0. The highest BCUT2D eigenvalue weighted by Crippen LogP contribution is 2.39. The summed E-state index contributed by atoms with van der Waals surface area (Å²) in [7, 11) is 0. The van der Waals surface area contributed by atoms with Crippen molar-refractivity contribution in [2.75, 3.05) is 19.8 Å². The van der Waals surface area contributed by atoms with Gasteiger partial charge in [-0.1, -0.05) is 48.7 Å². The first-order valence-corrected chi connectivity index (χ1v) is 10.7. The molecule has 0 bridgehead atoms. The molecule has 1 heterocycles. The molecule has 0 aliphatic heterocycles. The fourth-order valence-corrected chi connectivity index (χ4v) is 4.19. The summed E-state index contributed by atoms with van der Waals surface area (Å²) < 4.78 is 13.2. The molecule has 0 saturated heterocycles. The second kappa shape index (κ2) is 10.6. The number of aryl methyl sites for hydroxylation is 1. The van der Waals surface area contributed by atoms with Crippen molar-refractivity contribution in [2.24, 2.45) is 0 Å². The van der Waals surface area contributed by atoms with E-state index >= 15 is 0 Å². The lowest BCUT2D eigenvalue weighted by molar-refractivity contribution is -0.479. The lowest BCUT2D eigenvalue weighted by atomic mass is 10.1. The molecule has 0 amide bonds. The predicted octanol–water partition coefficient (Wildman–Crippen LogP) is 4.65. The number of nitrogens with zero attached hydrogens (tertiary/aromatic N) is 4. The summed E-state index contributed by atoms with van der Waals surface area (Å²) in [4.78, 5) is 11.1. The van der Waals surface area contributed by atoms with Crippen molar-refractivity contribution in [1.29, 1.82) is 0 Å². The first kappa shape index (κ1) is 22.4. The van der Waals surface area contributed by atoms with Crippen LogP contribution >= 0.6 is 11.8 Å². The van der Waals surface area contributed by atoms with Crippen LogP contribution in [0, 0.1) is 17.0 Å². The van der Waals surface area contributed by atoms with Crippen molar-refractivity contribution >= 4 is 11.8 Å². The second-order valence-corrected chi connectivity index (χ2v) is 7.73. The van der Waals surface area contributed by atoms with E-state index in [1.807, 2.05) is 54.8 Å². The first-order valence-electron chi connectivity index (χ1n) is 9.79. The molecule has 8 nitrogen and oxygen atoms in total. The number of thioether (sulfide) groups is 1. The third kappa shape index (κ3) is 5.64. The number of benzene rings is 2. The average molecular weight is 441 g/mol. The van der Waals surface area contributed by atoms with Crippen molar-refractivity contribution in [1.82, 2.24) is 14.8 Å². The minimum absolute atomic E-state index is 0.274. The Labute approximate surface area is 185 Å². The van der Waals surface area contributed by atoms with Crippen LogP contribution in [0.2, 0.25) is 0 Å². The largest absolute Gasteiger partial charge is 0.490 e. The molecule has 9 heteroatoms. The van der Waals surface area contributed by atoms with Crippen LogP contribution in [0.3, 0.4) is 0 Å². The summed E-state index contributed by atoms with van der Waals surface area (Å²) in [6.07, 6.45) is 1.65. The van der Waals surface area contributed by atoms with Gasteiger partial charge in [-0.2, -0.15) is 0 Å². The summed E-state index contributed by atoms with van der Waals surface area (Å²) in [6.45, 7) is 7.89. The van der Waals surface area contributed by atoms with Crippen molar-refractivity contribution in [2.45, 2.75) is 24.3 Å². The van der Waals surface area contributed by atoms with Gasteiger partial charge >= 0.3 is 0 Å². The van der Waals surface area contributed by atoms with Crippen molar-refractivity contribution < 1.29 is 14.4 Å². The van der Waals surface area contributed by atoms with Gasteiger partial charge in [0.25, 0.3) is 0 Å². The zero-order chi connectivity index (χ0) is 22.2. The number of aromatic nitrogens is 3.